The van der Waals surface area contributed by atoms with E-state index in [1.54, 1.807) is 0 Å². The van der Waals surface area contributed by atoms with Gasteiger partial charge >= 0.3 is 0 Å². The van der Waals surface area contributed by atoms with E-state index in [4.69, 9.17) is 24.7 Å². The Labute approximate surface area is 206 Å². The first-order valence-corrected chi connectivity index (χ1v) is 9.20. The maximum atomic E-state index is 9.09. The summed E-state index contributed by atoms with van der Waals surface area (Å²) in [7, 11) is 0. The molecule has 0 unspecified atom stereocenters. The summed E-state index contributed by atoms with van der Waals surface area (Å²) < 4.78 is 155. The second kappa shape index (κ2) is 7.10. The van der Waals surface area contributed by atoms with Gasteiger partial charge in [0.25, 0.3) is 0 Å². The molecule has 0 atom stereocenters. The van der Waals surface area contributed by atoms with Gasteiger partial charge < -0.3 is 0 Å². The van der Waals surface area contributed by atoms with Crippen molar-refractivity contribution in [3.63, 3.8) is 0 Å². The SMILES string of the molecule is [2H]c1c([2H])c([2H])c(-c2c3c([2H])c([2H])c([2H])c([2H])c3c(-n3c(C([2H])([2H])C([2H])([2H])[2H])nc4ccccc43)c3c([2H])c([2H])c([2H])c([2H])c23)c([2H])c1[2H]. The molecule has 0 fully saturated rings. The summed E-state index contributed by atoms with van der Waals surface area (Å²) in [5.41, 5.74) is -1.55. The number of hydrogen-bond donors (Lipinski definition) is 0. The van der Waals surface area contributed by atoms with Gasteiger partial charge in [-0.05, 0) is 34.0 Å². The molecule has 0 aliphatic rings. The molecule has 6 rings (SSSR count). The number of hydrogen-bond acceptors (Lipinski definition) is 1. The van der Waals surface area contributed by atoms with Crippen LogP contribution in [0.5, 0.6) is 0 Å². The van der Waals surface area contributed by atoms with Crippen molar-refractivity contribution < 1.29 is 24.7 Å². The smallest absolute Gasteiger partial charge is 0.114 e. The van der Waals surface area contributed by atoms with Crippen molar-refractivity contribution in [2.45, 2.75) is 13.2 Å². The second-order valence-corrected chi connectivity index (χ2v) is 6.61. The van der Waals surface area contributed by atoms with Crippen LogP contribution >= 0.6 is 0 Å². The molecular weight excluding hydrogens is 376 g/mol. The Balaban J connectivity index is 2.10. The van der Waals surface area contributed by atoms with E-state index in [1.165, 1.54) is 24.3 Å². The van der Waals surface area contributed by atoms with E-state index in [0.717, 1.165) is 4.57 Å². The van der Waals surface area contributed by atoms with Crippen molar-refractivity contribution in [2.24, 2.45) is 0 Å². The van der Waals surface area contributed by atoms with E-state index in [-0.39, 0.29) is 11.0 Å². The molecule has 2 nitrogen and oxygen atoms in total. The molecule has 31 heavy (non-hydrogen) atoms. The molecule has 0 bridgehead atoms. The molecule has 1 aromatic heterocycles. The Morgan fingerprint density at radius 3 is 2.10 bits per heavy atom. The zero-order valence-corrected chi connectivity index (χ0v) is 15.7. The Bertz CT molecular complexity index is 2330. The summed E-state index contributed by atoms with van der Waals surface area (Å²) in [6.07, 6.45) is -3.24. The van der Waals surface area contributed by atoms with Crippen LogP contribution < -0.4 is 0 Å². The summed E-state index contributed by atoms with van der Waals surface area (Å²) in [4.78, 5) is 4.28. The van der Waals surface area contributed by atoms with Crippen molar-refractivity contribution in [3.05, 3.63) is 109 Å². The molecule has 0 saturated heterocycles. The predicted molar refractivity (Wildman–Crippen MR) is 131 cm³/mol. The normalized spacial score (nSPS) is 20.6. The van der Waals surface area contributed by atoms with E-state index in [1.807, 2.05) is 0 Å². The van der Waals surface area contributed by atoms with Crippen LogP contribution in [0.25, 0.3) is 49.4 Å². The molecular formula is C29H22N2. The molecule has 0 spiro atoms. The summed E-state index contributed by atoms with van der Waals surface area (Å²) in [5, 5.41) is -2.04. The number of rotatable bonds is 3. The minimum Gasteiger partial charge on any atom is -0.295 e. The minimum atomic E-state index is -3.36. The van der Waals surface area contributed by atoms with E-state index < -0.39 is 136 Å². The fourth-order valence-electron chi connectivity index (χ4n) is 3.79. The third-order valence-corrected chi connectivity index (χ3v) is 4.99. The van der Waals surface area contributed by atoms with Crippen LogP contribution in [-0.2, 0) is 6.37 Å². The quantitative estimate of drug-likeness (QED) is 0.272. The number of aromatic nitrogens is 2. The van der Waals surface area contributed by atoms with Crippen molar-refractivity contribution in [1.82, 2.24) is 9.55 Å². The molecule has 5 aromatic carbocycles. The van der Waals surface area contributed by atoms with Crippen LogP contribution in [0.3, 0.4) is 0 Å². The van der Waals surface area contributed by atoms with Gasteiger partial charge in [-0.2, -0.15) is 0 Å². The van der Waals surface area contributed by atoms with Gasteiger partial charge in [-0.1, -0.05) is 97.5 Å². The summed E-state index contributed by atoms with van der Waals surface area (Å²) in [6.45, 7) is -3.36. The lowest BCUT2D eigenvalue weighted by Gasteiger charge is -2.19. The van der Waals surface area contributed by atoms with Crippen molar-refractivity contribution in [2.75, 3.05) is 0 Å². The molecule has 2 heteroatoms. The number of benzene rings is 5. The second-order valence-electron chi connectivity index (χ2n) is 6.61. The lowest BCUT2D eigenvalue weighted by atomic mass is 9.90. The standard InChI is InChI=1S/C29H22N2/c1-2-27-30-25-18-10-11-19-26(25)31(27)29-23-16-8-6-14-21(23)28(20-12-4-3-5-13-20)22-15-7-9-17-24(22)29/h3-19H,2H2,1H3/i1D3,2D2,3D,4D,5D,6D,7D,8D,9D,12D,13D,14D,15D,16D,17D. The first kappa shape index (κ1) is 7.35. The molecule has 0 N–H and O–H groups in total. The van der Waals surface area contributed by atoms with Crippen LogP contribution in [0.15, 0.2) is 103 Å². The van der Waals surface area contributed by atoms with Gasteiger partial charge in [0.2, 0.25) is 0 Å². The number of aryl methyl sites for hydroxylation is 1. The maximum absolute atomic E-state index is 9.09. The molecule has 1 heterocycles. The summed E-state index contributed by atoms with van der Waals surface area (Å²) in [6, 6.07) is -4.71. The highest BCUT2D eigenvalue weighted by molar-refractivity contribution is 6.18. The molecule has 0 saturated carbocycles. The largest absolute Gasteiger partial charge is 0.295 e. The average molecular weight is 417 g/mol. The Hall–Kier alpha value is -3.91. The highest BCUT2D eigenvalue weighted by Crippen LogP contribution is 2.42. The molecule has 6 aromatic rings. The van der Waals surface area contributed by atoms with Gasteiger partial charge in [0.05, 0.1) is 34.5 Å². The molecule has 0 amide bonds. The molecule has 0 radical (unpaired) electrons. The molecule has 148 valence electrons. The van der Waals surface area contributed by atoms with Crippen LogP contribution in [0.2, 0.25) is 0 Å². The number of nitrogens with zero attached hydrogens (tertiary/aromatic N) is 2. The Kier molecular flexibility index (Phi) is 1.68. The average Bonchev–Trinajstić information content (AvgIpc) is 3.45. The van der Waals surface area contributed by atoms with E-state index in [0.29, 0.717) is 0 Å². The zero-order valence-electron chi connectivity index (χ0n) is 33.7. The topological polar surface area (TPSA) is 17.8 Å². The maximum Gasteiger partial charge on any atom is 0.114 e. The Morgan fingerprint density at radius 1 is 0.806 bits per heavy atom. The predicted octanol–water partition coefficient (Wildman–Crippen LogP) is 7.56. The zero-order chi connectivity index (χ0) is 36.4. The van der Waals surface area contributed by atoms with Crippen LogP contribution in [-0.4, -0.2) is 9.55 Å². The van der Waals surface area contributed by atoms with Crippen molar-refractivity contribution >= 4 is 32.6 Å². The van der Waals surface area contributed by atoms with E-state index in [9.17, 15) is 0 Å². The number of imidazole rings is 1. The lowest BCUT2D eigenvalue weighted by molar-refractivity contribution is 0.917. The van der Waals surface area contributed by atoms with Gasteiger partial charge in [-0.3, -0.25) is 4.57 Å². The van der Waals surface area contributed by atoms with Crippen molar-refractivity contribution in [1.29, 1.82) is 0 Å². The Morgan fingerprint density at radius 2 is 1.42 bits per heavy atom. The van der Waals surface area contributed by atoms with Crippen molar-refractivity contribution in [3.8, 4) is 16.8 Å². The summed E-state index contributed by atoms with van der Waals surface area (Å²) >= 11 is 0. The van der Waals surface area contributed by atoms with Crippen LogP contribution in [0.4, 0.5) is 0 Å². The first-order chi connectivity index (χ1) is 22.7. The first-order valence-electron chi connectivity index (χ1n) is 18.2. The fourth-order valence-corrected chi connectivity index (χ4v) is 3.79. The van der Waals surface area contributed by atoms with Gasteiger partial charge in [-0.15, -0.1) is 0 Å². The van der Waals surface area contributed by atoms with Crippen LogP contribution in [0.1, 0.15) is 37.3 Å². The lowest BCUT2D eigenvalue weighted by Crippen LogP contribution is -2.03. The minimum absolute atomic E-state index is 0.0172. The van der Waals surface area contributed by atoms with E-state index in [2.05, 4.69) is 4.98 Å². The highest BCUT2D eigenvalue weighted by Gasteiger charge is 2.19. The third kappa shape index (κ3) is 2.69. The van der Waals surface area contributed by atoms with Gasteiger partial charge in [-0.25, -0.2) is 4.98 Å². The monoisotopic (exact) mass is 416 g/mol. The highest BCUT2D eigenvalue weighted by atomic mass is 15.1. The molecule has 0 aliphatic heterocycles. The van der Waals surface area contributed by atoms with Crippen LogP contribution in [0, 0.1) is 0 Å². The molecule has 0 aliphatic carbocycles. The third-order valence-electron chi connectivity index (χ3n) is 4.99. The fraction of sp³-hybridized carbons (Fsp3) is 0.0690. The van der Waals surface area contributed by atoms with Gasteiger partial charge in [0, 0.05) is 24.0 Å². The van der Waals surface area contributed by atoms with Gasteiger partial charge in [0.15, 0.2) is 0 Å². The van der Waals surface area contributed by atoms with Gasteiger partial charge in [0.1, 0.15) is 5.82 Å². The number of para-hydroxylation sites is 2. The number of fused-ring (bicyclic) bond motifs is 3. The summed E-state index contributed by atoms with van der Waals surface area (Å²) in [5.74, 6) is -0.772. The van der Waals surface area contributed by atoms with E-state index >= 15 is 0 Å².